The largest absolute Gasteiger partial charge is 0.372 e. The van der Waals surface area contributed by atoms with Gasteiger partial charge in [0.15, 0.2) is 0 Å². The molecule has 7 heteroatoms. The van der Waals surface area contributed by atoms with E-state index in [4.69, 9.17) is 0 Å². The van der Waals surface area contributed by atoms with Gasteiger partial charge in [0.2, 0.25) is 5.91 Å². The minimum absolute atomic E-state index is 0.0900. The van der Waals surface area contributed by atoms with Crippen LogP contribution in [0.25, 0.3) is 10.9 Å². The van der Waals surface area contributed by atoms with Crippen molar-refractivity contribution in [3.8, 4) is 0 Å². The van der Waals surface area contributed by atoms with Crippen molar-refractivity contribution in [1.29, 1.82) is 0 Å². The van der Waals surface area contributed by atoms with Crippen LogP contribution in [0.2, 0.25) is 0 Å². The fourth-order valence-electron chi connectivity index (χ4n) is 4.66. The lowest BCUT2D eigenvalue weighted by atomic mass is 10.1. The number of hydrogen-bond acceptors (Lipinski definition) is 5. The summed E-state index contributed by atoms with van der Waals surface area (Å²) in [4.78, 5) is 32.4. The number of nitrogens with zero attached hydrogens (tertiary/aromatic N) is 3. The van der Waals surface area contributed by atoms with Crippen molar-refractivity contribution in [2.24, 2.45) is 0 Å². The van der Waals surface area contributed by atoms with Crippen LogP contribution in [0.1, 0.15) is 45.1 Å². The zero-order valence-electron chi connectivity index (χ0n) is 19.7. The summed E-state index contributed by atoms with van der Waals surface area (Å²) < 4.78 is 1.45. The van der Waals surface area contributed by atoms with Crippen molar-refractivity contribution in [3.63, 3.8) is 0 Å². The van der Waals surface area contributed by atoms with Crippen molar-refractivity contribution in [2.75, 3.05) is 28.6 Å². The smallest absolute Gasteiger partial charge is 0.350 e. The average Bonchev–Trinajstić information content (AvgIpc) is 3.32. The molecule has 2 N–H and O–H groups in total. The lowest BCUT2D eigenvalue weighted by Crippen LogP contribution is -2.31. The number of para-hydroxylation sites is 1. The van der Waals surface area contributed by atoms with Crippen LogP contribution in [-0.2, 0) is 11.3 Å². The van der Waals surface area contributed by atoms with Gasteiger partial charge < -0.3 is 15.5 Å². The molecule has 3 aromatic rings. The second kappa shape index (κ2) is 10.1. The van der Waals surface area contributed by atoms with Crippen molar-refractivity contribution in [1.82, 2.24) is 9.55 Å². The number of anilines is 3. The Bertz CT molecular complexity index is 1190. The molecule has 0 bridgehead atoms. The van der Waals surface area contributed by atoms with Crippen LogP contribution in [0.5, 0.6) is 0 Å². The summed E-state index contributed by atoms with van der Waals surface area (Å²) >= 11 is 0. The Morgan fingerprint density at radius 3 is 2.55 bits per heavy atom. The second-order valence-electron chi connectivity index (χ2n) is 8.69. The zero-order chi connectivity index (χ0) is 23.4. The summed E-state index contributed by atoms with van der Waals surface area (Å²) in [5.41, 5.74) is 3.16. The van der Waals surface area contributed by atoms with Gasteiger partial charge in [-0.25, -0.2) is 4.79 Å². The molecule has 1 amide bonds. The molecule has 0 spiro atoms. The van der Waals surface area contributed by atoms with E-state index in [0.717, 1.165) is 48.3 Å². The highest BCUT2D eigenvalue weighted by Crippen LogP contribution is 2.26. The van der Waals surface area contributed by atoms with E-state index in [-0.39, 0.29) is 12.5 Å². The van der Waals surface area contributed by atoms with Gasteiger partial charge in [-0.1, -0.05) is 25.0 Å². The quantitative estimate of drug-likeness (QED) is 0.530. The maximum Gasteiger partial charge on any atom is 0.350 e. The van der Waals surface area contributed by atoms with Gasteiger partial charge >= 0.3 is 5.69 Å². The molecule has 0 unspecified atom stereocenters. The summed E-state index contributed by atoms with van der Waals surface area (Å²) in [7, 11) is 0. The molecule has 0 saturated heterocycles. The summed E-state index contributed by atoms with van der Waals surface area (Å²) in [5.74, 6) is 0.362. The van der Waals surface area contributed by atoms with Crippen molar-refractivity contribution in [3.05, 3.63) is 58.5 Å². The van der Waals surface area contributed by atoms with Gasteiger partial charge in [-0.2, -0.15) is 4.98 Å². The van der Waals surface area contributed by atoms with Crippen molar-refractivity contribution >= 4 is 34.0 Å². The molecule has 1 aromatic heterocycles. The SMILES string of the molecule is CCN(CC)c1ccc(NC(=O)Cn2c(=O)nc(NC3CCCC3)c3ccccc32)c(C)c1. The van der Waals surface area contributed by atoms with Crippen LogP contribution in [-0.4, -0.2) is 34.6 Å². The first kappa shape index (κ1) is 22.8. The molecule has 0 atom stereocenters. The minimum Gasteiger partial charge on any atom is -0.372 e. The molecule has 174 valence electrons. The highest BCUT2D eigenvalue weighted by Gasteiger charge is 2.19. The van der Waals surface area contributed by atoms with Crippen LogP contribution in [0.15, 0.2) is 47.3 Å². The summed E-state index contributed by atoms with van der Waals surface area (Å²) in [6.45, 7) is 7.99. The number of benzene rings is 2. The van der Waals surface area contributed by atoms with E-state index in [1.807, 2.05) is 43.3 Å². The van der Waals surface area contributed by atoms with E-state index in [0.29, 0.717) is 17.4 Å². The number of carbonyl (C=O) groups excluding carboxylic acids is 1. The first-order chi connectivity index (χ1) is 16.0. The predicted molar refractivity (Wildman–Crippen MR) is 135 cm³/mol. The van der Waals surface area contributed by atoms with Crippen LogP contribution in [0.3, 0.4) is 0 Å². The first-order valence-electron chi connectivity index (χ1n) is 11.9. The van der Waals surface area contributed by atoms with E-state index in [9.17, 15) is 9.59 Å². The third-order valence-electron chi connectivity index (χ3n) is 6.50. The minimum atomic E-state index is -0.419. The molecule has 1 fully saturated rings. The van der Waals surface area contributed by atoms with Gasteiger partial charge in [0.25, 0.3) is 0 Å². The lowest BCUT2D eigenvalue weighted by molar-refractivity contribution is -0.116. The summed E-state index contributed by atoms with van der Waals surface area (Å²) in [5, 5.41) is 7.27. The highest BCUT2D eigenvalue weighted by molar-refractivity contribution is 5.94. The number of nitrogens with one attached hydrogen (secondary N) is 2. The number of rotatable bonds is 8. The average molecular weight is 448 g/mol. The highest BCUT2D eigenvalue weighted by atomic mass is 16.2. The number of fused-ring (bicyclic) bond motifs is 1. The van der Waals surface area contributed by atoms with Crippen molar-refractivity contribution in [2.45, 2.75) is 59.0 Å². The molecule has 33 heavy (non-hydrogen) atoms. The maximum atomic E-state index is 12.9. The number of amides is 1. The Kier molecular flexibility index (Phi) is 6.96. The standard InChI is InChI=1S/C26H33N5O2/c1-4-30(5-2)20-14-15-22(18(3)16-20)28-24(32)17-31-23-13-9-8-12-21(23)25(29-26(31)33)27-19-10-6-7-11-19/h8-9,12-16,19H,4-7,10-11,17H2,1-3H3,(H,28,32)(H,27,29,33). The van der Waals surface area contributed by atoms with Gasteiger partial charge in [-0.15, -0.1) is 0 Å². The third-order valence-corrected chi connectivity index (χ3v) is 6.50. The third kappa shape index (κ3) is 5.02. The molecular weight excluding hydrogens is 414 g/mol. The fourth-order valence-corrected chi connectivity index (χ4v) is 4.66. The van der Waals surface area contributed by atoms with Crippen LogP contribution < -0.4 is 21.2 Å². The fraction of sp³-hybridized carbons (Fsp3) is 0.423. The van der Waals surface area contributed by atoms with Gasteiger partial charge in [-0.05, 0) is 69.5 Å². The lowest BCUT2D eigenvalue weighted by Gasteiger charge is -2.22. The monoisotopic (exact) mass is 447 g/mol. The number of hydrogen-bond donors (Lipinski definition) is 2. The maximum absolute atomic E-state index is 12.9. The number of aromatic nitrogens is 2. The molecule has 0 radical (unpaired) electrons. The Morgan fingerprint density at radius 2 is 1.85 bits per heavy atom. The van der Waals surface area contributed by atoms with Gasteiger partial charge in [0.05, 0.1) is 5.52 Å². The van der Waals surface area contributed by atoms with E-state index in [1.54, 1.807) is 0 Å². The Morgan fingerprint density at radius 1 is 1.12 bits per heavy atom. The Hall–Kier alpha value is -3.35. The van der Waals surface area contributed by atoms with Crippen LogP contribution >= 0.6 is 0 Å². The molecular formula is C26H33N5O2. The number of carbonyl (C=O) groups is 1. The topological polar surface area (TPSA) is 79.3 Å². The van der Waals surface area contributed by atoms with Crippen LogP contribution in [0, 0.1) is 6.92 Å². The van der Waals surface area contributed by atoms with Gasteiger partial charge in [0, 0.05) is 35.9 Å². The Balaban J connectivity index is 1.56. The zero-order valence-corrected chi connectivity index (χ0v) is 19.7. The van der Waals surface area contributed by atoms with Gasteiger partial charge in [0.1, 0.15) is 12.4 Å². The summed E-state index contributed by atoms with van der Waals surface area (Å²) in [6.07, 6.45) is 4.58. The normalized spacial score (nSPS) is 13.9. The predicted octanol–water partition coefficient (Wildman–Crippen LogP) is 4.54. The van der Waals surface area contributed by atoms with E-state index in [1.165, 1.54) is 17.4 Å². The van der Waals surface area contributed by atoms with Crippen LogP contribution in [0.4, 0.5) is 17.2 Å². The molecule has 1 heterocycles. The molecule has 4 rings (SSSR count). The molecule has 1 aliphatic carbocycles. The first-order valence-corrected chi connectivity index (χ1v) is 11.9. The van der Waals surface area contributed by atoms with E-state index in [2.05, 4.69) is 40.4 Å². The van der Waals surface area contributed by atoms with Gasteiger partial charge in [-0.3, -0.25) is 9.36 Å². The molecule has 7 nitrogen and oxygen atoms in total. The Labute approximate surface area is 194 Å². The van der Waals surface area contributed by atoms with E-state index < -0.39 is 5.69 Å². The number of aryl methyl sites for hydroxylation is 1. The summed E-state index contributed by atoms with van der Waals surface area (Å²) in [6, 6.07) is 14.0. The van der Waals surface area contributed by atoms with E-state index >= 15 is 0 Å². The molecule has 1 aliphatic rings. The molecule has 2 aromatic carbocycles. The molecule has 0 aliphatic heterocycles. The molecule has 1 saturated carbocycles. The second-order valence-corrected chi connectivity index (χ2v) is 8.69. The van der Waals surface area contributed by atoms with Crippen molar-refractivity contribution < 1.29 is 4.79 Å².